The Hall–Kier alpha value is 1.87. The van der Waals surface area contributed by atoms with E-state index in [2.05, 4.69) is 45.9 Å². The van der Waals surface area contributed by atoms with Crippen LogP contribution in [0.15, 0.2) is 0 Å². The minimum Gasteiger partial charge on any atom is -0.132 e. The van der Waals surface area contributed by atoms with Gasteiger partial charge in [-0.3, -0.25) is 0 Å². The van der Waals surface area contributed by atoms with E-state index in [1.807, 2.05) is 0 Å². The van der Waals surface area contributed by atoms with Crippen LogP contribution in [0.5, 0.6) is 0 Å². The molecule has 0 aliphatic carbocycles. The minimum atomic E-state index is -0.873. The van der Waals surface area contributed by atoms with E-state index < -0.39 is 11.8 Å². The summed E-state index contributed by atoms with van der Waals surface area (Å²) in [6, 6.07) is 2.90. The molecule has 1 atom stereocenters. The largest absolute Gasteiger partial charge is 0.199 e. The Morgan fingerprint density at radius 1 is 1.43 bits per heavy atom. The van der Waals surface area contributed by atoms with Crippen molar-refractivity contribution >= 4 is 57.6 Å². The monoisotopic (exact) mass is 322 g/mol. The van der Waals surface area contributed by atoms with E-state index in [1.165, 1.54) is 12.1 Å². The lowest BCUT2D eigenvalue weighted by molar-refractivity contribution is 1.38. The number of rotatable bonds is 0. The molecule has 1 rings (SSSR count). The van der Waals surface area contributed by atoms with Crippen LogP contribution in [-0.2, 0) is 0 Å². The maximum Gasteiger partial charge on any atom is 0.199 e. The molecule has 0 saturated carbocycles. The zero-order valence-corrected chi connectivity index (χ0v) is 10.5. The fourth-order valence-electron chi connectivity index (χ4n) is 0.472. The van der Waals surface area contributed by atoms with Gasteiger partial charge in [-0.1, -0.05) is 6.04 Å². The molecule has 0 radical (unpaired) electrons. The van der Waals surface area contributed by atoms with Crippen molar-refractivity contribution in [3.8, 4) is 0 Å². The quantitative estimate of drug-likeness (QED) is 0.474. The first-order chi connectivity index (χ1) is 3.13. The van der Waals surface area contributed by atoms with Crippen molar-refractivity contribution in [2.45, 2.75) is 12.1 Å². The van der Waals surface area contributed by atoms with Gasteiger partial charge in [-0.15, -0.1) is 45.9 Å². The number of hydrogen-bond donors (Lipinski definition) is 0. The summed E-state index contributed by atoms with van der Waals surface area (Å²) in [6.07, 6.45) is 0. The highest BCUT2D eigenvalue weighted by atomic mass is 79.9. The molecule has 1 unspecified atom stereocenters. The molecule has 0 nitrogen and oxygen atoms in total. The van der Waals surface area contributed by atoms with Crippen molar-refractivity contribution in [2.75, 3.05) is 0 Å². The van der Waals surface area contributed by atoms with Crippen molar-refractivity contribution in [2.24, 2.45) is 0 Å². The standard InChI is InChI=1S/C2H5Br3Si2/c3-6-1-2-7(6,4)5/h6H,1-2H2. The minimum absolute atomic E-state index is 0.394. The van der Waals surface area contributed by atoms with Gasteiger partial charge in [0.15, 0.2) is 4.83 Å². The third kappa shape index (κ3) is 1.41. The second kappa shape index (κ2) is 2.24. The van der Waals surface area contributed by atoms with Crippen LogP contribution in [0, 0.1) is 0 Å². The summed E-state index contributed by atoms with van der Waals surface area (Å²) in [5, 5.41) is 0. The highest BCUT2D eigenvalue weighted by Crippen LogP contribution is 2.43. The van der Waals surface area contributed by atoms with Gasteiger partial charge in [0, 0.05) is 0 Å². The topological polar surface area (TPSA) is 0 Å². The first-order valence-electron chi connectivity index (χ1n) is 2.15. The van der Waals surface area contributed by atoms with Gasteiger partial charge in [0.05, 0.1) is 0 Å². The molecule has 1 saturated heterocycles. The lowest BCUT2D eigenvalue weighted by Crippen LogP contribution is -2.45. The normalized spacial score (nSPS) is 37.3. The van der Waals surface area contributed by atoms with Crippen molar-refractivity contribution in [1.29, 1.82) is 0 Å². The molecule has 0 bridgehead atoms. The van der Waals surface area contributed by atoms with Crippen LogP contribution in [0.2, 0.25) is 12.1 Å². The Kier molecular flexibility index (Phi) is 2.24. The smallest absolute Gasteiger partial charge is 0.132 e. The van der Waals surface area contributed by atoms with E-state index in [4.69, 9.17) is 0 Å². The van der Waals surface area contributed by atoms with Crippen LogP contribution in [-0.4, -0.2) is 11.8 Å². The third-order valence-electron chi connectivity index (χ3n) is 1.19. The zero-order chi connectivity index (χ0) is 5.49. The van der Waals surface area contributed by atoms with Crippen molar-refractivity contribution in [3.63, 3.8) is 0 Å². The molecule has 1 heterocycles. The van der Waals surface area contributed by atoms with Crippen LogP contribution in [0.4, 0.5) is 0 Å². The highest BCUT2D eigenvalue weighted by molar-refractivity contribution is 9.56. The average Bonchev–Trinajstić information content (AvgIpc) is 1.63. The first-order valence-corrected chi connectivity index (χ1v) is 14.7. The fraction of sp³-hybridized carbons (Fsp3) is 1.00. The van der Waals surface area contributed by atoms with Gasteiger partial charge < -0.3 is 0 Å². The Labute approximate surface area is 69.2 Å². The lowest BCUT2D eigenvalue weighted by Gasteiger charge is -2.32. The van der Waals surface area contributed by atoms with Crippen LogP contribution in [0.3, 0.4) is 0 Å². The SMILES string of the molecule is Br[SiH]1CC[Si]1(Br)Br. The van der Waals surface area contributed by atoms with Gasteiger partial charge in [0.2, 0.25) is 0 Å². The zero-order valence-electron chi connectivity index (χ0n) is 3.63. The molecule has 42 valence electrons. The molecule has 0 aromatic heterocycles. The maximum absolute atomic E-state index is 3.70. The molecule has 7 heavy (non-hydrogen) atoms. The van der Waals surface area contributed by atoms with Crippen molar-refractivity contribution < 1.29 is 0 Å². The molecule has 1 fully saturated rings. The van der Waals surface area contributed by atoms with E-state index in [1.54, 1.807) is 0 Å². The van der Waals surface area contributed by atoms with E-state index in [9.17, 15) is 0 Å². The summed E-state index contributed by atoms with van der Waals surface area (Å²) in [5.74, 6) is 0. The van der Waals surface area contributed by atoms with Gasteiger partial charge in [-0.2, -0.15) is 0 Å². The molecular weight excluding hydrogens is 320 g/mol. The average molecular weight is 325 g/mol. The molecule has 0 spiro atoms. The molecule has 0 aromatic rings. The highest BCUT2D eigenvalue weighted by Gasteiger charge is 2.45. The summed E-state index contributed by atoms with van der Waals surface area (Å²) < 4.78 is 0. The third-order valence-corrected chi connectivity index (χ3v) is 40.7. The second-order valence-electron chi connectivity index (χ2n) is 1.77. The van der Waals surface area contributed by atoms with E-state index >= 15 is 0 Å². The Morgan fingerprint density at radius 2 is 1.86 bits per heavy atom. The molecule has 0 aromatic carbocycles. The van der Waals surface area contributed by atoms with Crippen molar-refractivity contribution in [1.82, 2.24) is 0 Å². The lowest BCUT2D eigenvalue weighted by atomic mass is 10.9. The Morgan fingerprint density at radius 3 is 1.86 bits per heavy atom. The van der Waals surface area contributed by atoms with Gasteiger partial charge >= 0.3 is 0 Å². The molecule has 0 N–H and O–H groups in total. The Bertz CT molecular complexity index is 83.0. The Balaban J connectivity index is 2.43. The summed E-state index contributed by atoms with van der Waals surface area (Å²) in [7, 11) is 0. The molecular formula is C2H5Br3Si2. The molecule has 1 aliphatic heterocycles. The number of halogens is 3. The van der Waals surface area contributed by atoms with Crippen LogP contribution < -0.4 is 0 Å². The van der Waals surface area contributed by atoms with Gasteiger partial charge in [-0.05, 0) is 6.04 Å². The second-order valence-corrected chi connectivity index (χ2v) is 33.0. The predicted molar refractivity (Wildman–Crippen MR) is 49.3 cm³/mol. The van der Waals surface area contributed by atoms with Gasteiger partial charge in [-0.25, -0.2) is 0 Å². The first kappa shape index (κ1) is 6.99. The van der Waals surface area contributed by atoms with Crippen LogP contribution in [0.1, 0.15) is 0 Å². The summed E-state index contributed by atoms with van der Waals surface area (Å²) >= 11 is 11.1. The van der Waals surface area contributed by atoms with Crippen LogP contribution >= 0.6 is 45.9 Å². The van der Waals surface area contributed by atoms with E-state index in [0.717, 1.165) is 0 Å². The summed E-state index contributed by atoms with van der Waals surface area (Å²) in [4.78, 5) is -0.873. The predicted octanol–water partition coefficient (Wildman–Crippen LogP) is 2.43. The summed E-state index contributed by atoms with van der Waals surface area (Å²) in [6.45, 7) is -0.394. The van der Waals surface area contributed by atoms with E-state index in [-0.39, 0.29) is 0 Å². The van der Waals surface area contributed by atoms with Crippen molar-refractivity contribution in [3.05, 3.63) is 0 Å². The molecule has 1 aliphatic rings. The molecule has 5 heteroatoms. The number of hydrogen-bond acceptors (Lipinski definition) is 0. The maximum atomic E-state index is 3.70. The summed E-state index contributed by atoms with van der Waals surface area (Å²) in [5.41, 5.74) is 0. The molecule has 0 amide bonds. The fourth-order valence-corrected chi connectivity index (χ4v) is 16.6. The van der Waals surface area contributed by atoms with Gasteiger partial charge in [0.1, 0.15) is 6.93 Å². The van der Waals surface area contributed by atoms with E-state index in [0.29, 0.717) is 0 Å². The van der Waals surface area contributed by atoms with Crippen LogP contribution in [0.25, 0.3) is 0 Å². The van der Waals surface area contributed by atoms with Gasteiger partial charge in [0.25, 0.3) is 0 Å².